The highest BCUT2D eigenvalue weighted by atomic mass is 19.1. The molecule has 3 fully saturated rings. The van der Waals surface area contributed by atoms with E-state index < -0.39 is 11.9 Å². The van der Waals surface area contributed by atoms with E-state index in [1.807, 2.05) is 17.0 Å². The van der Waals surface area contributed by atoms with Gasteiger partial charge in [0.05, 0.1) is 0 Å². The minimum Gasteiger partial charge on any atom is -0.338 e. The normalized spacial score (nSPS) is 26.7. The number of hydrogen-bond acceptors (Lipinski definition) is 5. The van der Waals surface area contributed by atoms with Gasteiger partial charge in [0.2, 0.25) is 11.8 Å². The molecule has 4 heterocycles. The van der Waals surface area contributed by atoms with Crippen molar-refractivity contribution in [3.05, 3.63) is 76.1 Å². The molecule has 0 spiro atoms. The smallest absolute Gasteiger partial charge is 0.255 e. The Morgan fingerprint density at radius 2 is 1.70 bits per heavy atom. The predicted octanol–water partition coefficient (Wildman–Crippen LogP) is 4.25. The van der Waals surface area contributed by atoms with Gasteiger partial charge in [0.1, 0.15) is 11.9 Å². The molecule has 0 radical (unpaired) electrons. The Morgan fingerprint density at radius 3 is 2.41 bits per heavy atom. The van der Waals surface area contributed by atoms with Crippen LogP contribution in [0.1, 0.15) is 77.8 Å². The lowest BCUT2D eigenvalue weighted by Gasteiger charge is -2.35. The minimum atomic E-state index is -0.671. The van der Waals surface area contributed by atoms with E-state index in [4.69, 9.17) is 0 Å². The average Bonchev–Trinajstić information content (AvgIpc) is 3.65. The Bertz CT molecular complexity index is 1570. The van der Waals surface area contributed by atoms with Crippen LogP contribution in [0, 0.1) is 23.1 Å². The number of amides is 4. The van der Waals surface area contributed by atoms with Gasteiger partial charge in [0.15, 0.2) is 0 Å². The van der Waals surface area contributed by atoms with Gasteiger partial charge in [-0.15, -0.1) is 0 Å². The van der Waals surface area contributed by atoms with E-state index in [1.54, 1.807) is 30.3 Å². The van der Waals surface area contributed by atoms with Gasteiger partial charge in [-0.1, -0.05) is 31.6 Å². The maximum atomic E-state index is 13.7. The van der Waals surface area contributed by atoms with Gasteiger partial charge in [0, 0.05) is 56.8 Å². The number of fused-ring (bicyclic) bond motifs is 2. The maximum absolute atomic E-state index is 13.7. The Hall–Kier alpha value is -3.85. The summed E-state index contributed by atoms with van der Waals surface area (Å²) in [6.45, 7) is 9.15. The number of hydrogen-bond donors (Lipinski definition) is 1. The molecule has 4 amide bonds. The number of carbonyl (C=O) groups is 4. The van der Waals surface area contributed by atoms with Crippen LogP contribution in [0.25, 0.3) is 5.57 Å². The molecular formula is C35H39FN4O4. The minimum absolute atomic E-state index is 0.0172. The molecule has 1 aliphatic carbocycles. The van der Waals surface area contributed by atoms with E-state index in [9.17, 15) is 23.6 Å². The molecular weight excluding hydrogens is 559 g/mol. The lowest BCUT2D eigenvalue weighted by Crippen LogP contribution is -2.52. The molecule has 8 nitrogen and oxygen atoms in total. The van der Waals surface area contributed by atoms with Gasteiger partial charge in [-0.05, 0) is 90.0 Å². The molecule has 4 aliphatic heterocycles. The van der Waals surface area contributed by atoms with Gasteiger partial charge in [-0.25, -0.2) is 4.39 Å². The lowest BCUT2D eigenvalue weighted by molar-refractivity contribution is -0.136. The summed E-state index contributed by atoms with van der Waals surface area (Å²) >= 11 is 0. The molecule has 0 aromatic heterocycles. The Kier molecular flexibility index (Phi) is 7.19. The van der Waals surface area contributed by atoms with Crippen LogP contribution in [0.5, 0.6) is 0 Å². The molecule has 2 aromatic carbocycles. The van der Waals surface area contributed by atoms with E-state index in [-0.39, 0.29) is 41.9 Å². The zero-order chi connectivity index (χ0) is 30.7. The fourth-order valence-corrected chi connectivity index (χ4v) is 8.01. The van der Waals surface area contributed by atoms with E-state index in [1.165, 1.54) is 16.0 Å². The van der Waals surface area contributed by atoms with Gasteiger partial charge < -0.3 is 9.80 Å². The van der Waals surface area contributed by atoms with Crippen LogP contribution in [-0.2, 0) is 16.1 Å². The molecule has 1 N–H and O–H groups in total. The van der Waals surface area contributed by atoms with Crippen molar-refractivity contribution in [2.45, 2.75) is 58.5 Å². The van der Waals surface area contributed by atoms with Crippen LogP contribution in [0.3, 0.4) is 0 Å². The molecule has 0 saturated carbocycles. The first kappa shape index (κ1) is 28.9. The quantitative estimate of drug-likeness (QED) is 0.520. The number of piperidine rings is 1. The van der Waals surface area contributed by atoms with Gasteiger partial charge in [-0.2, -0.15) is 0 Å². The van der Waals surface area contributed by atoms with E-state index in [0.717, 1.165) is 63.1 Å². The van der Waals surface area contributed by atoms with Crippen molar-refractivity contribution in [1.82, 2.24) is 20.0 Å². The van der Waals surface area contributed by atoms with Crippen molar-refractivity contribution in [3.63, 3.8) is 0 Å². The van der Waals surface area contributed by atoms with Crippen molar-refractivity contribution < 1.29 is 23.6 Å². The summed E-state index contributed by atoms with van der Waals surface area (Å²) in [5.41, 5.74) is 6.00. The SMILES string of the molecule is CC1(C)CCC(CN2CC3CN(C(=O)c4ccc5c(c4)CN(C4CCC(=O)NC4=O)C5=O)CC3C2)=C(c2ccc(F)cc2)C1. The highest BCUT2D eigenvalue weighted by molar-refractivity contribution is 6.06. The summed E-state index contributed by atoms with van der Waals surface area (Å²) in [5, 5.41) is 2.33. The highest BCUT2D eigenvalue weighted by Gasteiger charge is 2.43. The summed E-state index contributed by atoms with van der Waals surface area (Å²) < 4.78 is 13.7. The average molecular weight is 599 g/mol. The van der Waals surface area contributed by atoms with E-state index in [0.29, 0.717) is 29.4 Å². The van der Waals surface area contributed by atoms with Crippen molar-refractivity contribution in [2.24, 2.45) is 17.3 Å². The first-order chi connectivity index (χ1) is 21.0. The number of likely N-dealkylation sites (tertiary alicyclic amines) is 2. The zero-order valence-corrected chi connectivity index (χ0v) is 25.4. The highest BCUT2D eigenvalue weighted by Crippen LogP contribution is 2.44. The molecule has 44 heavy (non-hydrogen) atoms. The second kappa shape index (κ2) is 10.9. The van der Waals surface area contributed by atoms with Crippen molar-refractivity contribution >= 4 is 29.2 Å². The summed E-state index contributed by atoms with van der Waals surface area (Å²) in [4.78, 5) is 56.6. The first-order valence-corrected chi connectivity index (χ1v) is 15.8. The summed E-state index contributed by atoms with van der Waals surface area (Å²) in [6.07, 6.45) is 3.72. The van der Waals surface area contributed by atoms with E-state index >= 15 is 0 Å². The fraction of sp³-hybridized carbons (Fsp3) is 0.486. The molecule has 2 aromatic rings. The van der Waals surface area contributed by atoms with Crippen LogP contribution >= 0.6 is 0 Å². The predicted molar refractivity (Wildman–Crippen MR) is 163 cm³/mol. The Morgan fingerprint density at radius 1 is 0.977 bits per heavy atom. The van der Waals surface area contributed by atoms with Crippen LogP contribution in [0.4, 0.5) is 4.39 Å². The summed E-state index contributed by atoms with van der Waals surface area (Å²) in [5.74, 6) is -0.362. The monoisotopic (exact) mass is 598 g/mol. The van der Waals surface area contributed by atoms with Crippen molar-refractivity contribution in [1.29, 1.82) is 0 Å². The van der Waals surface area contributed by atoms with Gasteiger partial charge >= 0.3 is 0 Å². The molecule has 3 unspecified atom stereocenters. The second-order valence-corrected chi connectivity index (χ2v) is 14.1. The molecule has 7 rings (SSSR count). The molecule has 230 valence electrons. The van der Waals surface area contributed by atoms with Gasteiger partial charge in [0.25, 0.3) is 11.8 Å². The molecule has 0 bridgehead atoms. The fourth-order valence-electron chi connectivity index (χ4n) is 8.01. The molecule has 5 aliphatic rings. The third kappa shape index (κ3) is 5.36. The zero-order valence-electron chi connectivity index (χ0n) is 25.4. The van der Waals surface area contributed by atoms with Crippen LogP contribution < -0.4 is 5.32 Å². The number of nitrogens with zero attached hydrogens (tertiary/aromatic N) is 3. The van der Waals surface area contributed by atoms with Crippen LogP contribution in [0.2, 0.25) is 0 Å². The van der Waals surface area contributed by atoms with Crippen LogP contribution in [-0.4, -0.2) is 77.1 Å². The summed E-state index contributed by atoms with van der Waals surface area (Å²) in [7, 11) is 0. The lowest BCUT2D eigenvalue weighted by atomic mass is 9.72. The summed E-state index contributed by atoms with van der Waals surface area (Å²) in [6, 6.07) is 11.5. The topological polar surface area (TPSA) is 90.0 Å². The number of benzene rings is 2. The standard InChI is InChI=1S/C35H39FN4O4/c1-35(2)12-11-23(29(14-35)21-3-6-27(36)7-4-21)15-38-16-25-18-39(19-26(25)17-38)33(43)22-5-8-28-24(13-22)20-40(34(28)44)30-9-10-31(41)37-32(30)42/h3-8,13,25-26,30H,9-12,14-20H2,1-2H3,(H,37,41,42). The number of rotatable bonds is 5. The molecule has 3 atom stereocenters. The number of halogens is 1. The largest absolute Gasteiger partial charge is 0.338 e. The number of carbonyl (C=O) groups excluding carboxylic acids is 4. The molecule has 3 saturated heterocycles. The third-order valence-corrected chi connectivity index (χ3v) is 10.4. The molecule has 9 heteroatoms. The number of imide groups is 1. The second-order valence-electron chi connectivity index (χ2n) is 14.1. The first-order valence-electron chi connectivity index (χ1n) is 15.8. The van der Waals surface area contributed by atoms with Crippen molar-refractivity contribution in [3.8, 4) is 0 Å². The Labute approximate surface area is 257 Å². The van der Waals surface area contributed by atoms with E-state index in [2.05, 4.69) is 24.1 Å². The third-order valence-electron chi connectivity index (χ3n) is 10.4. The maximum Gasteiger partial charge on any atom is 0.255 e. The number of nitrogens with one attached hydrogen (secondary N) is 1. The number of allylic oxidation sites excluding steroid dienone is 1. The Balaban J connectivity index is 0.995. The van der Waals surface area contributed by atoms with Crippen molar-refractivity contribution in [2.75, 3.05) is 32.7 Å². The van der Waals surface area contributed by atoms with Gasteiger partial charge in [-0.3, -0.25) is 29.4 Å². The van der Waals surface area contributed by atoms with Crippen LogP contribution in [0.15, 0.2) is 48.0 Å².